The summed E-state index contributed by atoms with van der Waals surface area (Å²) >= 11 is 0. The first-order valence-electron chi connectivity index (χ1n) is 13.2. The van der Waals surface area contributed by atoms with E-state index in [4.69, 9.17) is 24.7 Å². The number of rotatable bonds is 13. The zero-order valence-electron chi connectivity index (χ0n) is 22.7. The molecule has 0 saturated carbocycles. The number of nitrogens with two attached hydrogens (primary N) is 1. The van der Waals surface area contributed by atoms with Crippen LogP contribution in [0.1, 0.15) is 45.6 Å². The number of benzene rings is 3. The molecule has 218 valence electrons. The number of hydrogen-bond donors (Lipinski definition) is 5. The van der Waals surface area contributed by atoms with Crippen molar-refractivity contribution in [1.82, 2.24) is 5.32 Å². The number of nitrogens with one attached hydrogen (secondary N) is 1. The number of phenols is 1. The molecule has 0 unspecified atom stereocenters. The van der Waals surface area contributed by atoms with Crippen molar-refractivity contribution in [2.45, 2.75) is 38.8 Å². The standard InChI is InChI=1S/C30H34N2O9/c1-18(34)40-29-21(3-2-4-24(29)30(31)37)15-38-16-23-17-39-27-8-5-19(11-28(27)41-23)9-10-32-13-26(36)20-6-7-25(35)22(12-20)14-33/h2-8,11-12,23,26,32-33,35-36H,9-10,13-17H2,1H3,(H2,31,37)/t23-,26+/m1/s1. The summed E-state index contributed by atoms with van der Waals surface area (Å²) in [4.78, 5) is 23.3. The number of hydrogen-bond acceptors (Lipinski definition) is 10. The van der Waals surface area contributed by atoms with E-state index in [0.29, 0.717) is 54.3 Å². The quantitative estimate of drug-likeness (QED) is 0.117. The van der Waals surface area contributed by atoms with Gasteiger partial charge in [-0.25, -0.2) is 0 Å². The summed E-state index contributed by atoms with van der Waals surface area (Å²) in [6, 6.07) is 15.2. The number of fused-ring (bicyclic) bond motifs is 1. The van der Waals surface area contributed by atoms with Crippen molar-refractivity contribution in [2.24, 2.45) is 5.73 Å². The topological polar surface area (TPSA) is 170 Å². The van der Waals surface area contributed by atoms with Crippen molar-refractivity contribution in [1.29, 1.82) is 0 Å². The Labute approximate surface area is 237 Å². The largest absolute Gasteiger partial charge is 0.508 e. The Morgan fingerprint density at radius 2 is 1.95 bits per heavy atom. The molecule has 41 heavy (non-hydrogen) atoms. The molecule has 6 N–H and O–H groups in total. The molecule has 1 aliphatic rings. The SMILES string of the molecule is CC(=O)Oc1c(COC[C@@H]2COc3ccc(CCNC[C@H](O)c4ccc(O)c(CO)c4)cc3O2)cccc1C(N)=O. The summed E-state index contributed by atoms with van der Waals surface area (Å²) in [6.45, 7) is 2.40. The highest BCUT2D eigenvalue weighted by atomic mass is 16.6. The van der Waals surface area contributed by atoms with Gasteiger partial charge in [0.2, 0.25) is 0 Å². The van der Waals surface area contributed by atoms with Gasteiger partial charge in [-0.05, 0) is 54.4 Å². The number of aliphatic hydroxyl groups is 2. The molecule has 1 aliphatic heterocycles. The highest BCUT2D eigenvalue weighted by molar-refractivity contribution is 5.96. The van der Waals surface area contributed by atoms with Gasteiger partial charge >= 0.3 is 5.97 Å². The predicted molar refractivity (Wildman–Crippen MR) is 148 cm³/mol. The van der Waals surface area contributed by atoms with E-state index >= 15 is 0 Å². The minimum absolute atomic E-state index is 0.00721. The summed E-state index contributed by atoms with van der Waals surface area (Å²) < 4.78 is 23.0. The van der Waals surface area contributed by atoms with Crippen LogP contribution < -0.4 is 25.3 Å². The normalized spacial score (nSPS) is 14.9. The molecule has 0 aliphatic carbocycles. The fraction of sp³-hybridized carbons (Fsp3) is 0.333. The van der Waals surface area contributed by atoms with Gasteiger partial charge < -0.3 is 45.3 Å². The number of para-hydroxylation sites is 1. The number of aliphatic hydroxyl groups excluding tert-OH is 2. The zero-order valence-corrected chi connectivity index (χ0v) is 22.7. The number of primary amides is 1. The molecule has 0 saturated heterocycles. The van der Waals surface area contributed by atoms with E-state index in [1.165, 1.54) is 19.1 Å². The van der Waals surface area contributed by atoms with Crippen LogP contribution in [-0.2, 0) is 29.2 Å². The van der Waals surface area contributed by atoms with Crippen LogP contribution in [0.2, 0.25) is 0 Å². The van der Waals surface area contributed by atoms with Gasteiger partial charge in [-0.2, -0.15) is 0 Å². The van der Waals surface area contributed by atoms with Gasteiger partial charge in [0.25, 0.3) is 5.91 Å². The van der Waals surface area contributed by atoms with Crippen LogP contribution in [0.5, 0.6) is 23.0 Å². The second-order valence-electron chi connectivity index (χ2n) is 9.61. The van der Waals surface area contributed by atoms with E-state index in [1.54, 1.807) is 24.3 Å². The van der Waals surface area contributed by atoms with E-state index in [9.17, 15) is 24.9 Å². The van der Waals surface area contributed by atoms with Crippen molar-refractivity contribution in [3.05, 3.63) is 82.4 Å². The second-order valence-corrected chi connectivity index (χ2v) is 9.61. The van der Waals surface area contributed by atoms with Gasteiger partial charge in [0, 0.05) is 24.6 Å². The van der Waals surface area contributed by atoms with Gasteiger partial charge in [-0.1, -0.05) is 24.3 Å². The molecular formula is C30H34N2O9. The monoisotopic (exact) mass is 566 g/mol. The summed E-state index contributed by atoms with van der Waals surface area (Å²) in [7, 11) is 0. The smallest absolute Gasteiger partial charge is 0.308 e. The molecule has 0 spiro atoms. The number of aromatic hydroxyl groups is 1. The van der Waals surface area contributed by atoms with Crippen molar-refractivity contribution in [3.63, 3.8) is 0 Å². The summed E-state index contributed by atoms with van der Waals surface area (Å²) in [5.74, 6) is 0.0253. The van der Waals surface area contributed by atoms with E-state index in [-0.39, 0.29) is 43.0 Å². The molecule has 11 nitrogen and oxygen atoms in total. The third-order valence-electron chi connectivity index (χ3n) is 6.48. The summed E-state index contributed by atoms with van der Waals surface area (Å²) in [5, 5.41) is 32.7. The van der Waals surface area contributed by atoms with Gasteiger partial charge in [-0.15, -0.1) is 0 Å². The average Bonchev–Trinajstić information content (AvgIpc) is 2.95. The zero-order chi connectivity index (χ0) is 29.4. The van der Waals surface area contributed by atoms with Crippen molar-refractivity contribution in [3.8, 4) is 23.0 Å². The van der Waals surface area contributed by atoms with E-state index in [2.05, 4.69) is 5.32 Å². The van der Waals surface area contributed by atoms with E-state index in [0.717, 1.165) is 5.56 Å². The minimum atomic E-state index is -0.787. The number of ether oxygens (including phenoxy) is 4. The maximum absolute atomic E-state index is 11.7. The van der Waals surface area contributed by atoms with Crippen molar-refractivity contribution in [2.75, 3.05) is 26.3 Å². The Morgan fingerprint density at radius 1 is 1.12 bits per heavy atom. The Morgan fingerprint density at radius 3 is 2.71 bits per heavy atom. The molecule has 4 rings (SSSR count). The molecule has 3 aromatic rings. The molecule has 0 fully saturated rings. The van der Waals surface area contributed by atoms with Crippen LogP contribution in [-0.4, -0.2) is 59.6 Å². The first-order valence-corrected chi connectivity index (χ1v) is 13.2. The molecule has 2 atom stereocenters. The average molecular weight is 567 g/mol. The predicted octanol–water partition coefficient (Wildman–Crippen LogP) is 2.13. The lowest BCUT2D eigenvalue weighted by molar-refractivity contribution is -0.132. The second kappa shape index (κ2) is 14.0. The highest BCUT2D eigenvalue weighted by Crippen LogP contribution is 2.33. The molecule has 0 bridgehead atoms. The minimum Gasteiger partial charge on any atom is -0.508 e. The first-order chi connectivity index (χ1) is 19.7. The highest BCUT2D eigenvalue weighted by Gasteiger charge is 2.23. The lowest BCUT2D eigenvalue weighted by atomic mass is 10.1. The van der Waals surface area contributed by atoms with Crippen molar-refractivity contribution < 1.29 is 43.9 Å². The fourth-order valence-corrected chi connectivity index (χ4v) is 4.38. The van der Waals surface area contributed by atoms with Crippen LogP contribution in [0.4, 0.5) is 0 Å². The van der Waals surface area contributed by atoms with E-state index < -0.39 is 18.0 Å². The third kappa shape index (κ3) is 7.95. The number of esters is 1. The van der Waals surface area contributed by atoms with Crippen LogP contribution in [0, 0.1) is 0 Å². The Balaban J connectivity index is 1.26. The van der Waals surface area contributed by atoms with Gasteiger partial charge in [-0.3, -0.25) is 9.59 Å². The molecule has 1 heterocycles. The lowest BCUT2D eigenvalue weighted by Gasteiger charge is -2.27. The molecule has 0 radical (unpaired) electrons. The Kier molecular flexibility index (Phi) is 10.1. The Bertz CT molecular complexity index is 1380. The lowest BCUT2D eigenvalue weighted by Crippen LogP contribution is -2.33. The molecule has 11 heteroatoms. The van der Waals surface area contributed by atoms with Gasteiger partial charge in [0.15, 0.2) is 17.6 Å². The third-order valence-corrected chi connectivity index (χ3v) is 6.48. The maximum Gasteiger partial charge on any atom is 0.308 e. The maximum atomic E-state index is 11.7. The Hall–Kier alpha value is -4.16. The van der Waals surface area contributed by atoms with Crippen LogP contribution in [0.15, 0.2) is 54.6 Å². The number of carbonyl (C=O) groups is 2. The molecule has 0 aromatic heterocycles. The molecule has 1 amide bonds. The molecule has 3 aromatic carbocycles. The van der Waals surface area contributed by atoms with Gasteiger partial charge in [0.05, 0.1) is 31.5 Å². The van der Waals surface area contributed by atoms with Crippen molar-refractivity contribution >= 4 is 11.9 Å². The summed E-state index contributed by atoms with van der Waals surface area (Å²) in [6.07, 6.45) is -0.487. The number of amides is 1. The van der Waals surface area contributed by atoms with Crippen LogP contribution >= 0.6 is 0 Å². The number of carbonyl (C=O) groups excluding carboxylic acids is 2. The first kappa shape index (κ1) is 29.8. The summed E-state index contributed by atoms with van der Waals surface area (Å²) in [5.41, 5.74) is 8.00. The van der Waals surface area contributed by atoms with Gasteiger partial charge in [0.1, 0.15) is 18.1 Å². The van der Waals surface area contributed by atoms with E-state index in [1.807, 2.05) is 18.2 Å². The molecular weight excluding hydrogens is 532 g/mol. The fourth-order valence-electron chi connectivity index (χ4n) is 4.38. The van der Waals surface area contributed by atoms with Crippen LogP contribution in [0.3, 0.4) is 0 Å². The van der Waals surface area contributed by atoms with Crippen LogP contribution in [0.25, 0.3) is 0 Å².